The molecule has 1 saturated heterocycles. The van der Waals surface area contributed by atoms with Gasteiger partial charge in [0.15, 0.2) is 0 Å². The maximum Gasteiger partial charge on any atom is 0.0486 e. The van der Waals surface area contributed by atoms with E-state index in [-0.39, 0.29) is 0 Å². The van der Waals surface area contributed by atoms with Crippen molar-refractivity contribution in [2.45, 2.75) is 46.3 Å². The van der Waals surface area contributed by atoms with Crippen molar-refractivity contribution < 1.29 is 0 Å². The summed E-state index contributed by atoms with van der Waals surface area (Å²) in [5.41, 5.74) is 15.2. The Morgan fingerprint density at radius 1 is 0.838 bits per heavy atom. The van der Waals surface area contributed by atoms with Crippen molar-refractivity contribution >= 4 is 22.5 Å². The van der Waals surface area contributed by atoms with Gasteiger partial charge in [-0.2, -0.15) is 0 Å². The zero-order valence-electron chi connectivity index (χ0n) is 22.2. The van der Waals surface area contributed by atoms with Crippen LogP contribution in [0.15, 0.2) is 66.9 Å². The van der Waals surface area contributed by atoms with Gasteiger partial charge >= 0.3 is 0 Å². The van der Waals surface area contributed by atoms with Crippen LogP contribution in [0.2, 0.25) is 5.02 Å². The summed E-state index contributed by atoms with van der Waals surface area (Å²) < 4.78 is 2.40. The quantitative estimate of drug-likeness (QED) is 0.277. The molecule has 0 aliphatic carbocycles. The molecule has 2 N–H and O–H groups in total. The van der Waals surface area contributed by atoms with E-state index in [9.17, 15) is 0 Å². The predicted octanol–water partition coefficient (Wildman–Crippen LogP) is 6.50. The number of rotatable bonds is 9. The molecule has 37 heavy (non-hydrogen) atoms. The minimum Gasteiger partial charge on any atom is -0.347 e. The molecule has 4 nitrogen and oxygen atoms in total. The van der Waals surface area contributed by atoms with Crippen molar-refractivity contribution in [3.63, 3.8) is 0 Å². The van der Waals surface area contributed by atoms with Gasteiger partial charge in [0.1, 0.15) is 0 Å². The Morgan fingerprint density at radius 2 is 1.59 bits per heavy atom. The van der Waals surface area contributed by atoms with Gasteiger partial charge in [0.05, 0.1) is 0 Å². The SMILES string of the molecule is CCc1cc(C)ccc1-c1cn(CCCN)c2ccc(CN3CCN(Cc4ccccc4Cl)CC3)cc12. The molecule has 194 valence electrons. The van der Waals surface area contributed by atoms with E-state index in [1.165, 1.54) is 44.3 Å². The highest BCUT2D eigenvalue weighted by atomic mass is 35.5. The van der Waals surface area contributed by atoms with E-state index in [4.69, 9.17) is 17.3 Å². The van der Waals surface area contributed by atoms with Gasteiger partial charge in [-0.25, -0.2) is 0 Å². The van der Waals surface area contributed by atoms with Gasteiger partial charge in [0, 0.05) is 73.5 Å². The fraction of sp³-hybridized carbons (Fsp3) is 0.375. The number of piperazine rings is 1. The van der Waals surface area contributed by atoms with Crippen LogP contribution in [-0.2, 0) is 26.1 Å². The molecule has 0 radical (unpaired) electrons. The van der Waals surface area contributed by atoms with Crippen LogP contribution in [0.5, 0.6) is 0 Å². The van der Waals surface area contributed by atoms with Crippen LogP contribution in [0.3, 0.4) is 0 Å². The molecule has 5 rings (SSSR count). The summed E-state index contributed by atoms with van der Waals surface area (Å²) in [6.07, 6.45) is 4.37. The first kappa shape index (κ1) is 26.0. The second-order valence-electron chi connectivity index (χ2n) is 10.4. The predicted molar refractivity (Wildman–Crippen MR) is 157 cm³/mol. The van der Waals surface area contributed by atoms with Gasteiger partial charge < -0.3 is 10.3 Å². The number of halogens is 1. The first-order valence-electron chi connectivity index (χ1n) is 13.7. The molecule has 1 aliphatic rings. The normalized spacial score (nSPS) is 15.0. The highest BCUT2D eigenvalue weighted by molar-refractivity contribution is 6.31. The van der Waals surface area contributed by atoms with Crippen LogP contribution in [0.4, 0.5) is 0 Å². The monoisotopic (exact) mass is 514 g/mol. The topological polar surface area (TPSA) is 37.4 Å². The van der Waals surface area contributed by atoms with E-state index >= 15 is 0 Å². The molecule has 2 heterocycles. The lowest BCUT2D eigenvalue weighted by molar-refractivity contribution is 0.122. The zero-order chi connectivity index (χ0) is 25.8. The maximum atomic E-state index is 6.40. The van der Waals surface area contributed by atoms with Crippen LogP contribution in [-0.4, -0.2) is 47.1 Å². The minimum atomic E-state index is 0.709. The van der Waals surface area contributed by atoms with Crippen molar-refractivity contribution in [2.75, 3.05) is 32.7 Å². The Labute approximate surface area is 226 Å². The molecule has 4 aromatic rings. The van der Waals surface area contributed by atoms with E-state index in [1.807, 2.05) is 12.1 Å². The van der Waals surface area contributed by atoms with Crippen molar-refractivity contribution in [3.8, 4) is 11.1 Å². The molecule has 1 aliphatic heterocycles. The van der Waals surface area contributed by atoms with Crippen LogP contribution in [0.25, 0.3) is 22.0 Å². The van der Waals surface area contributed by atoms with Crippen LogP contribution in [0.1, 0.15) is 35.6 Å². The van der Waals surface area contributed by atoms with Gasteiger partial charge in [-0.15, -0.1) is 0 Å². The average molecular weight is 515 g/mol. The summed E-state index contributed by atoms with van der Waals surface area (Å²) in [6.45, 7) is 12.3. The van der Waals surface area contributed by atoms with Crippen LogP contribution >= 0.6 is 11.6 Å². The highest BCUT2D eigenvalue weighted by Crippen LogP contribution is 2.35. The molecule has 0 bridgehead atoms. The third-order valence-corrected chi connectivity index (χ3v) is 8.07. The smallest absolute Gasteiger partial charge is 0.0486 e. The van der Waals surface area contributed by atoms with E-state index in [1.54, 1.807) is 0 Å². The maximum absolute atomic E-state index is 6.40. The van der Waals surface area contributed by atoms with E-state index in [0.29, 0.717) is 6.54 Å². The van der Waals surface area contributed by atoms with Gasteiger partial charge in [-0.1, -0.05) is 66.6 Å². The van der Waals surface area contributed by atoms with E-state index < -0.39 is 0 Å². The van der Waals surface area contributed by atoms with Gasteiger partial charge in [-0.05, 0) is 66.8 Å². The summed E-state index contributed by atoms with van der Waals surface area (Å²) in [5.74, 6) is 0. The molecule has 0 unspecified atom stereocenters. The number of nitrogens with two attached hydrogens (primary N) is 1. The molecular weight excluding hydrogens is 476 g/mol. The minimum absolute atomic E-state index is 0.709. The molecule has 5 heteroatoms. The van der Waals surface area contributed by atoms with Crippen molar-refractivity contribution in [3.05, 3.63) is 94.1 Å². The molecule has 0 atom stereocenters. The number of benzene rings is 3. The Kier molecular flexibility index (Phi) is 8.31. The fourth-order valence-electron chi connectivity index (χ4n) is 5.61. The number of aromatic nitrogens is 1. The largest absolute Gasteiger partial charge is 0.347 e. The lowest BCUT2D eigenvalue weighted by atomic mass is 9.95. The lowest BCUT2D eigenvalue weighted by Crippen LogP contribution is -2.45. The standard InChI is InChI=1S/C32H39ClN4/c1-3-26-19-24(2)9-11-28(26)30-23-37(14-6-13-34)32-12-10-25(20-29(30)32)21-35-15-17-36(18-16-35)22-27-7-4-5-8-31(27)33/h4-5,7-12,19-20,23H,3,6,13-18,21-22,34H2,1-2H3. The second kappa shape index (κ2) is 11.8. The second-order valence-corrected chi connectivity index (χ2v) is 10.8. The summed E-state index contributed by atoms with van der Waals surface area (Å²) >= 11 is 6.40. The Hall–Kier alpha value is -2.63. The first-order valence-corrected chi connectivity index (χ1v) is 14.0. The van der Waals surface area contributed by atoms with Gasteiger partial charge in [-0.3, -0.25) is 9.80 Å². The van der Waals surface area contributed by atoms with Crippen molar-refractivity contribution in [1.82, 2.24) is 14.4 Å². The summed E-state index contributed by atoms with van der Waals surface area (Å²) in [7, 11) is 0. The number of hydrogen-bond donors (Lipinski definition) is 1. The van der Waals surface area contributed by atoms with Crippen LogP contribution < -0.4 is 5.73 Å². The Morgan fingerprint density at radius 3 is 2.32 bits per heavy atom. The lowest BCUT2D eigenvalue weighted by Gasteiger charge is -2.35. The van der Waals surface area contributed by atoms with Crippen LogP contribution in [0, 0.1) is 6.92 Å². The van der Waals surface area contributed by atoms with Gasteiger partial charge in [0.2, 0.25) is 0 Å². The summed E-state index contributed by atoms with van der Waals surface area (Å²) in [4.78, 5) is 5.10. The molecule has 0 amide bonds. The van der Waals surface area contributed by atoms with E-state index in [0.717, 1.165) is 63.7 Å². The zero-order valence-corrected chi connectivity index (χ0v) is 23.0. The number of nitrogens with zero attached hydrogens (tertiary/aromatic N) is 3. The average Bonchev–Trinajstić information content (AvgIpc) is 3.27. The fourth-order valence-corrected chi connectivity index (χ4v) is 5.81. The summed E-state index contributed by atoms with van der Waals surface area (Å²) in [5, 5.41) is 2.22. The highest BCUT2D eigenvalue weighted by Gasteiger charge is 2.19. The Bertz CT molecular complexity index is 1350. The molecule has 3 aromatic carbocycles. The number of fused-ring (bicyclic) bond motifs is 1. The number of hydrogen-bond acceptors (Lipinski definition) is 3. The summed E-state index contributed by atoms with van der Waals surface area (Å²) in [6, 6.07) is 22.1. The molecular formula is C32H39ClN4. The van der Waals surface area contributed by atoms with Gasteiger partial charge in [0.25, 0.3) is 0 Å². The molecule has 0 saturated carbocycles. The third kappa shape index (κ3) is 5.94. The number of aryl methyl sites for hydroxylation is 3. The van der Waals surface area contributed by atoms with Crippen molar-refractivity contribution in [1.29, 1.82) is 0 Å². The third-order valence-electron chi connectivity index (χ3n) is 7.70. The van der Waals surface area contributed by atoms with Crippen molar-refractivity contribution in [2.24, 2.45) is 5.73 Å². The molecule has 1 aromatic heterocycles. The Balaban J connectivity index is 1.35. The van der Waals surface area contributed by atoms with E-state index in [2.05, 4.69) is 82.9 Å². The first-order chi connectivity index (χ1) is 18.1. The molecule has 0 spiro atoms. The molecule has 1 fully saturated rings.